The van der Waals surface area contributed by atoms with Crippen LogP contribution >= 0.6 is 0 Å². The molecule has 3 heterocycles. The smallest absolute Gasteiger partial charge is 0.245 e. The molecule has 1 N–H and O–H groups in total. The average Bonchev–Trinajstić information content (AvgIpc) is 3.25. The molecule has 2 aromatic heterocycles. The van der Waals surface area contributed by atoms with Crippen molar-refractivity contribution in [3.63, 3.8) is 0 Å². The van der Waals surface area contributed by atoms with Crippen molar-refractivity contribution in [1.29, 1.82) is 0 Å². The van der Waals surface area contributed by atoms with Gasteiger partial charge in [0.1, 0.15) is 24.4 Å². The second-order valence-electron chi connectivity index (χ2n) is 7.09. The molecule has 2 aromatic rings. The topological polar surface area (TPSA) is 98.6 Å². The van der Waals surface area contributed by atoms with E-state index in [0.717, 1.165) is 11.4 Å². The summed E-state index contributed by atoms with van der Waals surface area (Å²) in [4.78, 5) is 31.3. The summed E-state index contributed by atoms with van der Waals surface area (Å²) in [6.45, 7) is 5.00. The van der Waals surface area contributed by atoms with Crippen molar-refractivity contribution in [2.24, 2.45) is 0 Å². The van der Waals surface area contributed by atoms with Gasteiger partial charge >= 0.3 is 0 Å². The van der Waals surface area contributed by atoms with Gasteiger partial charge < -0.3 is 19.7 Å². The van der Waals surface area contributed by atoms with E-state index >= 15 is 0 Å². The lowest BCUT2D eigenvalue weighted by atomic mass is 10.2. The van der Waals surface area contributed by atoms with Crippen LogP contribution in [0.5, 0.6) is 5.75 Å². The number of nitrogens with one attached hydrogen (secondary N) is 1. The monoisotopic (exact) mass is 401 g/mol. The predicted molar refractivity (Wildman–Crippen MR) is 105 cm³/mol. The number of carbonyl (C=O) groups excluding carboxylic acids is 2. The van der Waals surface area contributed by atoms with E-state index in [1.807, 2.05) is 19.9 Å². The van der Waals surface area contributed by atoms with E-state index in [2.05, 4.69) is 15.4 Å². The number of aryl methyl sites for hydroxylation is 2. The van der Waals surface area contributed by atoms with Gasteiger partial charge in [-0.3, -0.25) is 19.3 Å². The fourth-order valence-corrected chi connectivity index (χ4v) is 3.46. The minimum absolute atomic E-state index is 0.0845. The van der Waals surface area contributed by atoms with Crippen molar-refractivity contribution in [2.75, 3.05) is 26.8 Å². The molecule has 1 aliphatic heterocycles. The molecular formula is C20H27N5O4. The molecule has 0 radical (unpaired) electrons. The van der Waals surface area contributed by atoms with Crippen molar-refractivity contribution in [3.05, 3.63) is 42.0 Å². The normalized spacial score (nSPS) is 18.7. The van der Waals surface area contributed by atoms with Crippen LogP contribution in [0.1, 0.15) is 17.8 Å². The molecule has 1 fully saturated rings. The van der Waals surface area contributed by atoms with Crippen molar-refractivity contribution >= 4 is 11.8 Å². The third-order valence-electron chi connectivity index (χ3n) is 4.82. The number of nitrogens with zero attached hydrogens (tertiary/aromatic N) is 4. The van der Waals surface area contributed by atoms with Gasteiger partial charge in [-0.2, -0.15) is 5.10 Å². The zero-order chi connectivity index (χ0) is 20.8. The van der Waals surface area contributed by atoms with Crippen LogP contribution in [0.2, 0.25) is 0 Å². The van der Waals surface area contributed by atoms with E-state index in [1.165, 1.54) is 0 Å². The Hall–Kier alpha value is -2.94. The summed E-state index contributed by atoms with van der Waals surface area (Å²) in [5.41, 5.74) is 1.75. The highest BCUT2D eigenvalue weighted by Gasteiger charge is 2.40. The Labute approximate surface area is 170 Å². The first-order valence-electron chi connectivity index (χ1n) is 9.61. The Balaban J connectivity index is 1.71. The van der Waals surface area contributed by atoms with Gasteiger partial charge in [0, 0.05) is 32.0 Å². The van der Waals surface area contributed by atoms with Crippen LogP contribution < -0.4 is 10.1 Å². The third-order valence-corrected chi connectivity index (χ3v) is 4.82. The van der Waals surface area contributed by atoms with Crippen molar-refractivity contribution in [2.45, 2.75) is 39.0 Å². The third kappa shape index (κ3) is 5.32. The first kappa shape index (κ1) is 20.8. The molecule has 0 aliphatic carbocycles. The molecule has 2 amide bonds. The molecule has 0 bridgehead atoms. The summed E-state index contributed by atoms with van der Waals surface area (Å²) in [7, 11) is 1.57. The molecule has 29 heavy (non-hydrogen) atoms. The molecule has 2 atom stereocenters. The second kappa shape index (κ2) is 9.51. The number of aromatic nitrogens is 3. The van der Waals surface area contributed by atoms with E-state index in [-0.39, 0.29) is 24.5 Å². The van der Waals surface area contributed by atoms with Gasteiger partial charge in [-0.25, -0.2) is 0 Å². The summed E-state index contributed by atoms with van der Waals surface area (Å²) < 4.78 is 12.6. The molecule has 0 saturated carbocycles. The zero-order valence-corrected chi connectivity index (χ0v) is 17.0. The highest BCUT2D eigenvalue weighted by Crippen LogP contribution is 2.23. The fraction of sp³-hybridized carbons (Fsp3) is 0.500. The number of rotatable bonds is 8. The number of hydrogen-bond acceptors (Lipinski definition) is 6. The standard InChI is InChI=1S/C20H27N5O4/c1-14-9-15(2)25(23-14)13-19(26)24-12-17(29-16-5-4-6-21-11-16)10-18(24)20(27)22-7-8-28-3/h4-6,9,11,17-18H,7-8,10,12-13H2,1-3H3,(H,22,27)/t17-,18-/m0/s1. The summed E-state index contributed by atoms with van der Waals surface area (Å²) in [5.74, 6) is 0.241. The molecule has 156 valence electrons. The molecular weight excluding hydrogens is 374 g/mol. The largest absolute Gasteiger partial charge is 0.487 e. The lowest BCUT2D eigenvalue weighted by Gasteiger charge is -2.23. The summed E-state index contributed by atoms with van der Waals surface area (Å²) in [6.07, 6.45) is 3.41. The highest BCUT2D eigenvalue weighted by molar-refractivity contribution is 5.88. The van der Waals surface area contributed by atoms with E-state index in [0.29, 0.717) is 31.9 Å². The van der Waals surface area contributed by atoms with E-state index in [4.69, 9.17) is 9.47 Å². The lowest BCUT2D eigenvalue weighted by Crippen LogP contribution is -2.47. The number of hydrogen-bond donors (Lipinski definition) is 1. The van der Waals surface area contributed by atoms with Gasteiger partial charge in [0.15, 0.2) is 0 Å². The van der Waals surface area contributed by atoms with Crippen molar-refractivity contribution in [1.82, 2.24) is 25.0 Å². The van der Waals surface area contributed by atoms with Crippen molar-refractivity contribution < 1.29 is 19.1 Å². The van der Waals surface area contributed by atoms with Crippen LogP contribution in [0.15, 0.2) is 30.6 Å². The second-order valence-corrected chi connectivity index (χ2v) is 7.09. The maximum Gasteiger partial charge on any atom is 0.245 e. The van der Waals surface area contributed by atoms with Crippen molar-refractivity contribution in [3.8, 4) is 5.75 Å². The minimum Gasteiger partial charge on any atom is -0.487 e. The Kier molecular flexibility index (Phi) is 6.82. The molecule has 3 rings (SSSR count). The first-order chi connectivity index (χ1) is 14.0. The summed E-state index contributed by atoms with van der Waals surface area (Å²) in [5, 5.41) is 7.18. The maximum absolute atomic E-state index is 13.0. The lowest BCUT2D eigenvalue weighted by molar-refractivity contribution is -0.139. The molecule has 0 unspecified atom stereocenters. The molecule has 1 saturated heterocycles. The van der Waals surface area contributed by atoms with Crippen LogP contribution in [0, 0.1) is 13.8 Å². The Morgan fingerprint density at radius 3 is 2.83 bits per heavy atom. The van der Waals surface area contributed by atoms with Gasteiger partial charge in [-0.15, -0.1) is 0 Å². The number of carbonyl (C=O) groups is 2. The van der Waals surface area contributed by atoms with E-state index in [1.54, 1.807) is 41.2 Å². The predicted octanol–water partition coefficient (Wildman–Crippen LogP) is 0.706. The zero-order valence-electron chi connectivity index (χ0n) is 17.0. The van der Waals surface area contributed by atoms with Crippen LogP contribution in [-0.2, 0) is 20.9 Å². The SMILES string of the molecule is COCCNC(=O)[C@@H]1C[C@H](Oc2cccnc2)CN1C(=O)Cn1nc(C)cc1C. The Morgan fingerprint density at radius 1 is 1.34 bits per heavy atom. The number of methoxy groups -OCH3 is 1. The Bertz CT molecular complexity index is 839. The van der Waals surface area contributed by atoms with Gasteiger partial charge in [-0.05, 0) is 32.0 Å². The van der Waals surface area contributed by atoms with Crippen LogP contribution in [0.25, 0.3) is 0 Å². The molecule has 1 aliphatic rings. The van der Waals surface area contributed by atoms with Gasteiger partial charge in [0.25, 0.3) is 0 Å². The van der Waals surface area contributed by atoms with E-state index < -0.39 is 6.04 Å². The van der Waals surface area contributed by atoms with Crippen LogP contribution in [0.3, 0.4) is 0 Å². The number of ether oxygens (including phenoxy) is 2. The molecule has 9 nitrogen and oxygen atoms in total. The molecule has 0 spiro atoms. The fourth-order valence-electron chi connectivity index (χ4n) is 3.46. The number of pyridine rings is 1. The number of likely N-dealkylation sites (tertiary alicyclic amines) is 1. The molecule has 0 aromatic carbocycles. The molecule has 9 heteroatoms. The first-order valence-corrected chi connectivity index (χ1v) is 9.61. The summed E-state index contributed by atoms with van der Waals surface area (Å²) >= 11 is 0. The van der Waals surface area contributed by atoms with Gasteiger partial charge in [-0.1, -0.05) is 0 Å². The summed E-state index contributed by atoms with van der Waals surface area (Å²) in [6, 6.07) is 4.91. The quantitative estimate of drug-likeness (QED) is 0.654. The van der Waals surface area contributed by atoms with Crippen LogP contribution in [0.4, 0.5) is 0 Å². The maximum atomic E-state index is 13.0. The van der Waals surface area contributed by atoms with Crippen LogP contribution in [-0.4, -0.2) is 70.4 Å². The van der Waals surface area contributed by atoms with E-state index in [9.17, 15) is 9.59 Å². The van der Waals surface area contributed by atoms with Gasteiger partial charge in [0.05, 0.1) is 25.0 Å². The average molecular weight is 401 g/mol. The van der Waals surface area contributed by atoms with Gasteiger partial charge in [0.2, 0.25) is 11.8 Å². The highest BCUT2D eigenvalue weighted by atomic mass is 16.5. The number of amides is 2. The Morgan fingerprint density at radius 2 is 2.17 bits per heavy atom. The minimum atomic E-state index is -0.599.